The van der Waals surface area contributed by atoms with Crippen molar-refractivity contribution in [3.63, 3.8) is 0 Å². The Bertz CT molecular complexity index is 718. The molecule has 1 fully saturated rings. The van der Waals surface area contributed by atoms with Crippen molar-refractivity contribution < 1.29 is 19.1 Å². The fraction of sp³-hybridized carbons (Fsp3) is 0.524. The minimum Gasteiger partial charge on any atom is -0.465 e. The van der Waals surface area contributed by atoms with E-state index in [4.69, 9.17) is 9.47 Å². The van der Waals surface area contributed by atoms with Gasteiger partial charge in [0.05, 0.1) is 12.7 Å². The van der Waals surface area contributed by atoms with E-state index in [9.17, 15) is 9.59 Å². The van der Waals surface area contributed by atoms with Crippen molar-refractivity contribution in [2.24, 2.45) is 0 Å². The zero-order valence-corrected chi connectivity index (χ0v) is 16.6. The number of aryl methyl sites for hydroxylation is 2. The molecule has 2 rings (SSSR count). The van der Waals surface area contributed by atoms with E-state index < -0.39 is 5.60 Å². The molecule has 5 nitrogen and oxygen atoms in total. The van der Waals surface area contributed by atoms with Gasteiger partial charge in [-0.15, -0.1) is 0 Å². The number of methoxy groups -OCH3 is 1. The summed E-state index contributed by atoms with van der Waals surface area (Å²) in [5, 5.41) is 0. The van der Waals surface area contributed by atoms with Gasteiger partial charge in [-0.2, -0.15) is 0 Å². The molecule has 0 atom stereocenters. The second-order valence-corrected chi connectivity index (χ2v) is 7.79. The van der Waals surface area contributed by atoms with Crippen molar-refractivity contribution in [2.75, 3.05) is 20.2 Å². The zero-order chi connectivity index (χ0) is 19.5. The highest BCUT2D eigenvalue weighted by Crippen LogP contribution is 2.24. The molecule has 0 N–H and O–H groups in total. The molecule has 0 radical (unpaired) electrons. The van der Waals surface area contributed by atoms with E-state index >= 15 is 0 Å². The summed E-state index contributed by atoms with van der Waals surface area (Å²) in [6.07, 6.45) is 3.49. The van der Waals surface area contributed by atoms with E-state index in [-0.39, 0.29) is 12.1 Å². The van der Waals surface area contributed by atoms with Gasteiger partial charge in [-0.3, -0.25) is 0 Å². The number of esters is 1. The molecule has 1 aliphatic rings. The maximum Gasteiger partial charge on any atom is 0.410 e. The van der Waals surface area contributed by atoms with Gasteiger partial charge in [-0.05, 0) is 70.2 Å². The molecule has 0 saturated carbocycles. The highest BCUT2D eigenvalue weighted by molar-refractivity contribution is 5.92. The summed E-state index contributed by atoms with van der Waals surface area (Å²) in [5.41, 5.74) is 4.45. The van der Waals surface area contributed by atoms with Crippen LogP contribution >= 0.6 is 0 Å². The number of ether oxygens (including phenoxy) is 2. The van der Waals surface area contributed by atoms with Gasteiger partial charge in [0, 0.05) is 13.1 Å². The van der Waals surface area contributed by atoms with Crippen LogP contribution in [0.2, 0.25) is 0 Å². The number of piperidine rings is 1. The Balaban J connectivity index is 2.11. The maximum atomic E-state index is 12.2. The van der Waals surface area contributed by atoms with Gasteiger partial charge in [0.1, 0.15) is 5.60 Å². The van der Waals surface area contributed by atoms with Gasteiger partial charge in [0.15, 0.2) is 0 Å². The molecule has 0 unspecified atom stereocenters. The summed E-state index contributed by atoms with van der Waals surface area (Å²) in [7, 11) is 1.39. The monoisotopic (exact) mass is 359 g/mol. The van der Waals surface area contributed by atoms with E-state index in [0.29, 0.717) is 18.7 Å². The van der Waals surface area contributed by atoms with Crippen molar-refractivity contribution in [3.05, 3.63) is 40.0 Å². The Kier molecular flexibility index (Phi) is 6.11. The van der Waals surface area contributed by atoms with E-state index in [2.05, 4.69) is 6.08 Å². The minimum absolute atomic E-state index is 0.254. The first-order valence-corrected chi connectivity index (χ1v) is 8.97. The highest BCUT2D eigenvalue weighted by Gasteiger charge is 2.24. The molecule has 1 aliphatic heterocycles. The molecule has 1 aromatic rings. The SMILES string of the molecule is COC(=O)c1cc(C=C2CCN(C(=O)OC(C)(C)C)CC2)c(C)cc1C. The smallest absolute Gasteiger partial charge is 0.410 e. The first-order chi connectivity index (χ1) is 12.1. The average Bonchev–Trinajstić information content (AvgIpc) is 2.55. The molecule has 1 saturated heterocycles. The van der Waals surface area contributed by atoms with Crippen molar-refractivity contribution in [1.82, 2.24) is 4.90 Å². The Morgan fingerprint density at radius 2 is 1.69 bits per heavy atom. The molecule has 1 amide bonds. The number of hydrogen-bond acceptors (Lipinski definition) is 4. The van der Waals surface area contributed by atoms with Crippen LogP contribution in [0.4, 0.5) is 4.79 Å². The zero-order valence-electron chi connectivity index (χ0n) is 16.6. The third-order valence-electron chi connectivity index (χ3n) is 4.44. The van der Waals surface area contributed by atoms with Gasteiger partial charge in [0.25, 0.3) is 0 Å². The number of hydrogen-bond donors (Lipinski definition) is 0. The quantitative estimate of drug-likeness (QED) is 0.729. The first-order valence-electron chi connectivity index (χ1n) is 8.97. The second kappa shape index (κ2) is 7.94. The number of carbonyl (C=O) groups excluding carboxylic acids is 2. The molecular formula is C21H29NO4. The second-order valence-electron chi connectivity index (χ2n) is 7.79. The van der Waals surface area contributed by atoms with Crippen LogP contribution in [-0.2, 0) is 9.47 Å². The van der Waals surface area contributed by atoms with Crippen molar-refractivity contribution in [2.45, 2.75) is 53.1 Å². The number of nitrogens with zero attached hydrogens (tertiary/aromatic N) is 1. The number of rotatable bonds is 2. The third-order valence-corrected chi connectivity index (χ3v) is 4.44. The molecule has 0 aromatic heterocycles. The van der Waals surface area contributed by atoms with Crippen LogP contribution in [0.25, 0.3) is 6.08 Å². The molecule has 0 spiro atoms. The normalized spacial score (nSPS) is 14.8. The molecule has 142 valence electrons. The van der Waals surface area contributed by atoms with E-state index in [1.54, 1.807) is 4.90 Å². The summed E-state index contributed by atoms with van der Waals surface area (Å²) >= 11 is 0. The van der Waals surface area contributed by atoms with Crippen LogP contribution in [0.15, 0.2) is 17.7 Å². The van der Waals surface area contributed by atoms with Crippen molar-refractivity contribution >= 4 is 18.1 Å². The number of likely N-dealkylation sites (tertiary alicyclic amines) is 1. The third kappa shape index (κ3) is 5.10. The number of benzene rings is 1. The van der Waals surface area contributed by atoms with Crippen LogP contribution in [0.5, 0.6) is 0 Å². The fourth-order valence-electron chi connectivity index (χ4n) is 3.02. The summed E-state index contributed by atoms with van der Waals surface area (Å²) < 4.78 is 10.3. The van der Waals surface area contributed by atoms with Crippen LogP contribution in [-0.4, -0.2) is 42.8 Å². The Labute approximate surface area is 156 Å². The highest BCUT2D eigenvalue weighted by atomic mass is 16.6. The first kappa shape index (κ1) is 20.0. The lowest BCUT2D eigenvalue weighted by Gasteiger charge is -2.31. The summed E-state index contributed by atoms with van der Waals surface area (Å²) in [5.74, 6) is -0.318. The van der Waals surface area contributed by atoms with Gasteiger partial charge < -0.3 is 14.4 Å². The van der Waals surface area contributed by atoms with Gasteiger partial charge >= 0.3 is 12.1 Å². The van der Waals surface area contributed by atoms with Gasteiger partial charge in [-0.1, -0.05) is 17.7 Å². The molecule has 0 aliphatic carbocycles. The Morgan fingerprint density at radius 1 is 1.08 bits per heavy atom. The Hall–Kier alpha value is -2.30. The van der Waals surface area contributed by atoms with Crippen LogP contribution in [0.1, 0.15) is 60.7 Å². The lowest BCUT2D eigenvalue weighted by molar-refractivity contribution is 0.0236. The molecule has 0 bridgehead atoms. The molecular weight excluding hydrogens is 330 g/mol. The molecule has 26 heavy (non-hydrogen) atoms. The predicted molar refractivity (Wildman–Crippen MR) is 102 cm³/mol. The topological polar surface area (TPSA) is 55.8 Å². The number of amides is 1. The summed E-state index contributed by atoms with van der Waals surface area (Å²) in [6, 6.07) is 3.90. The summed E-state index contributed by atoms with van der Waals surface area (Å²) in [6.45, 7) is 10.9. The van der Waals surface area contributed by atoms with Gasteiger partial charge in [0.2, 0.25) is 0 Å². The lowest BCUT2D eigenvalue weighted by atomic mass is 9.95. The van der Waals surface area contributed by atoms with Gasteiger partial charge in [-0.25, -0.2) is 9.59 Å². The molecule has 1 heterocycles. The standard InChI is InChI=1S/C21H29NO4/c1-14-11-15(2)18(19(23)25-6)13-17(14)12-16-7-9-22(10-8-16)20(24)26-21(3,4)5/h11-13H,7-10H2,1-6H3. The van der Waals surface area contributed by atoms with E-state index in [0.717, 1.165) is 29.5 Å². The van der Waals surface area contributed by atoms with Crippen molar-refractivity contribution in [1.29, 1.82) is 0 Å². The molecule has 5 heteroatoms. The van der Waals surface area contributed by atoms with E-state index in [1.165, 1.54) is 12.7 Å². The van der Waals surface area contributed by atoms with Crippen LogP contribution in [0.3, 0.4) is 0 Å². The Morgan fingerprint density at radius 3 is 2.23 bits per heavy atom. The van der Waals surface area contributed by atoms with Crippen LogP contribution in [0, 0.1) is 13.8 Å². The lowest BCUT2D eigenvalue weighted by Crippen LogP contribution is -2.40. The fourth-order valence-corrected chi connectivity index (χ4v) is 3.02. The predicted octanol–water partition coefficient (Wildman–Crippen LogP) is 4.50. The molecule has 1 aromatic carbocycles. The average molecular weight is 359 g/mol. The number of carbonyl (C=O) groups is 2. The summed E-state index contributed by atoms with van der Waals surface area (Å²) in [4.78, 5) is 25.8. The van der Waals surface area contributed by atoms with Crippen LogP contribution < -0.4 is 0 Å². The largest absolute Gasteiger partial charge is 0.465 e. The maximum absolute atomic E-state index is 12.2. The minimum atomic E-state index is -0.476. The van der Waals surface area contributed by atoms with E-state index in [1.807, 2.05) is 46.8 Å². The van der Waals surface area contributed by atoms with Crippen molar-refractivity contribution in [3.8, 4) is 0 Å².